The van der Waals surface area contributed by atoms with Gasteiger partial charge in [-0.05, 0) is 93.7 Å². The summed E-state index contributed by atoms with van der Waals surface area (Å²) < 4.78 is 43.5. The summed E-state index contributed by atoms with van der Waals surface area (Å²) in [5.74, 6) is 1.03. The molecule has 327 valence electrons. The summed E-state index contributed by atoms with van der Waals surface area (Å²) in [6.45, 7) is 14.3. The number of hydrogen-bond acceptors (Lipinski definition) is 3. The van der Waals surface area contributed by atoms with E-state index in [9.17, 15) is 4.39 Å². The quantitative estimate of drug-likeness (QED) is 0.113. The van der Waals surface area contributed by atoms with Crippen molar-refractivity contribution in [3.05, 3.63) is 192 Å². The second-order valence-electron chi connectivity index (χ2n) is 18.0. The van der Waals surface area contributed by atoms with Crippen molar-refractivity contribution in [2.45, 2.75) is 66.0 Å². The maximum atomic E-state index is 12.7. The molecule has 0 spiro atoms. The Labute approximate surface area is 400 Å². The van der Waals surface area contributed by atoms with E-state index >= 15 is 0 Å². The summed E-state index contributed by atoms with van der Waals surface area (Å²) in [5, 5.41) is 3.64. The number of pyridine rings is 1. The van der Waals surface area contributed by atoms with Crippen LogP contribution in [0.1, 0.15) is 60.3 Å². The molecule has 10 rings (SSSR count). The Morgan fingerprint density at radius 1 is 0.692 bits per heavy atom. The van der Waals surface area contributed by atoms with Crippen molar-refractivity contribution < 1.29 is 33.0 Å². The molecule has 0 aliphatic carbocycles. The fourth-order valence-corrected chi connectivity index (χ4v) is 9.57. The molecular formula is C58H52FIrN3OSi-2. The van der Waals surface area contributed by atoms with E-state index in [-0.39, 0.29) is 43.3 Å². The molecule has 65 heavy (non-hydrogen) atoms. The van der Waals surface area contributed by atoms with Crippen LogP contribution in [0, 0.1) is 24.8 Å². The standard InChI is InChI=1S/C46H43N2OSi.C12H9FN.Ir/c1-29(2)39-26-34(32-20-23-35(24-21-32)50(5,6)7)27-40(30(3)4)44(39)48-42-19-12-11-18-41(42)47-46(48)38-17-13-16-37-36-25-22-33(28-43(36)49-45(37)38)31-14-9-8-10-15-31;1-9-2-7-12(14-8-9)10-3-5-11(13)6-4-10;/h8-16,18-30H,1-7H3;2-3,5-8H,1H3;/q2*-1;/i;1D3;. The molecule has 10 aromatic rings. The van der Waals surface area contributed by atoms with E-state index in [0.29, 0.717) is 11.3 Å². The van der Waals surface area contributed by atoms with Crippen LogP contribution >= 0.6 is 0 Å². The Bertz CT molecular complexity index is 3350. The van der Waals surface area contributed by atoms with Crippen LogP contribution in [0.3, 0.4) is 0 Å². The molecule has 7 heteroatoms. The van der Waals surface area contributed by atoms with Crippen LogP contribution in [0.15, 0.2) is 162 Å². The molecule has 0 fully saturated rings. The van der Waals surface area contributed by atoms with Crippen molar-refractivity contribution in [1.29, 1.82) is 0 Å². The fraction of sp³-hybridized carbons (Fsp3) is 0.172. The number of hydrogen-bond donors (Lipinski definition) is 0. The van der Waals surface area contributed by atoms with Crippen molar-refractivity contribution in [2.24, 2.45) is 0 Å². The van der Waals surface area contributed by atoms with Gasteiger partial charge >= 0.3 is 0 Å². The van der Waals surface area contributed by atoms with Crippen molar-refractivity contribution in [3.8, 4) is 50.6 Å². The molecule has 0 saturated carbocycles. The Kier molecular flexibility index (Phi) is 11.9. The van der Waals surface area contributed by atoms with Crippen LogP contribution in [0.4, 0.5) is 4.39 Å². The predicted molar refractivity (Wildman–Crippen MR) is 268 cm³/mol. The number of para-hydroxylation sites is 2. The van der Waals surface area contributed by atoms with E-state index in [4.69, 9.17) is 13.5 Å². The minimum absolute atomic E-state index is 0. The predicted octanol–water partition coefficient (Wildman–Crippen LogP) is 15.5. The molecule has 0 saturated heterocycles. The number of fused-ring (bicyclic) bond motifs is 4. The molecule has 0 aliphatic rings. The van der Waals surface area contributed by atoms with Crippen LogP contribution in [0.25, 0.3) is 83.6 Å². The van der Waals surface area contributed by atoms with Crippen LogP contribution < -0.4 is 5.19 Å². The zero-order valence-corrected chi connectivity index (χ0v) is 41.0. The first kappa shape index (κ1) is 41.5. The number of benzene rings is 7. The van der Waals surface area contributed by atoms with Crippen molar-refractivity contribution in [2.75, 3.05) is 0 Å². The minimum Gasteiger partial charge on any atom is -0.501 e. The summed E-state index contributed by atoms with van der Waals surface area (Å²) in [5.41, 5.74) is 14.6. The van der Waals surface area contributed by atoms with E-state index in [1.165, 1.54) is 63.1 Å². The first-order valence-electron chi connectivity index (χ1n) is 23.4. The maximum Gasteiger partial charge on any atom is 0.121 e. The zero-order chi connectivity index (χ0) is 47.2. The Hall–Kier alpha value is -6.24. The van der Waals surface area contributed by atoms with Gasteiger partial charge in [-0.1, -0.05) is 154 Å². The maximum absolute atomic E-state index is 12.7. The summed E-state index contributed by atoms with van der Waals surface area (Å²) in [4.78, 5) is 9.37. The number of aryl methyl sites for hydroxylation is 1. The molecule has 0 amide bonds. The Balaban J connectivity index is 0.000000293. The third kappa shape index (κ3) is 9.19. The summed E-state index contributed by atoms with van der Waals surface area (Å²) in [6, 6.07) is 57.2. The van der Waals surface area contributed by atoms with E-state index in [1.807, 2.05) is 12.1 Å². The smallest absolute Gasteiger partial charge is 0.121 e. The van der Waals surface area contributed by atoms with Gasteiger partial charge < -0.3 is 14.0 Å². The molecule has 0 unspecified atom stereocenters. The van der Waals surface area contributed by atoms with Crippen LogP contribution in [0.2, 0.25) is 19.6 Å². The molecule has 0 aliphatic heterocycles. The number of rotatable bonds is 8. The van der Waals surface area contributed by atoms with E-state index in [0.717, 1.165) is 49.9 Å². The second kappa shape index (κ2) is 18.7. The molecule has 1 radical (unpaired) electrons. The number of halogens is 1. The van der Waals surface area contributed by atoms with Gasteiger partial charge in [0, 0.05) is 47.3 Å². The second-order valence-corrected chi connectivity index (χ2v) is 23.1. The van der Waals surface area contributed by atoms with Crippen LogP contribution in [-0.2, 0) is 20.1 Å². The first-order valence-corrected chi connectivity index (χ1v) is 25.4. The normalized spacial score (nSPS) is 12.5. The van der Waals surface area contributed by atoms with Crippen LogP contribution in [0.5, 0.6) is 0 Å². The van der Waals surface area contributed by atoms with Crippen LogP contribution in [-0.4, -0.2) is 22.6 Å². The average Bonchev–Trinajstić information content (AvgIpc) is 3.90. The molecule has 3 aromatic heterocycles. The third-order valence-corrected chi connectivity index (χ3v) is 13.9. The van der Waals surface area contributed by atoms with Crippen molar-refractivity contribution in [3.63, 3.8) is 0 Å². The number of furan rings is 1. The molecule has 0 atom stereocenters. The van der Waals surface area contributed by atoms with E-state index in [2.05, 4.69) is 178 Å². The van der Waals surface area contributed by atoms with Gasteiger partial charge in [0.15, 0.2) is 0 Å². The SMILES string of the molecule is CC(C)c1cc(-c2ccc([Si](C)(C)C)cc2)cc(C(C)C)c1-n1c(-c2[c-]ccc3c2oc2cc(-c4ccccc4)ccc23)nc2ccccc21.[2H]C([2H])([2H])c1ccc(-c2[c-]cc(F)cc2)nc1.[Ir]. The van der Waals surface area contributed by atoms with Crippen molar-refractivity contribution >= 4 is 46.2 Å². The topological polar surface area (TPSA) is 43.9 Å². The molecule has 4 nitrogen and oxygen atoms in total. The van der Waals surface area contributed by atoms with Gasteiger partial charge in [0.25, 0.3) is 0 Å². The molecule has 0 N–H and O–H groups in total. The molecule has 0 bridgehead atoms. The number of aromatic nitrogens is 3. The molecule has 3 heterocycles. The van der Waals surface area contributed by atoms with Gasteiger partial charge in [-0.3, -0.25) is 9.37 Å². The van der Waals surface area contributed by atoms with Gasteiger partial charge in [-0.25, -0.2) is 0 Å². The van der Waals surface area contributed by atoms with Crippen molar-refractivity contribution in [1.82, 2.24) is 14.5 Å². The van der Waals surface area contributed by atoms with Gasteiger partial charge in [-0.2, -0.15) is 0 Å². The molecular weight excluding hydrogens is 994 g/mol. The number of nitrogens with zero attached hydrogens (tertiary/aromatic N) is 3. The molecule has 7 aromatic carbocycles. The monoisotopic (exact) mass is 1050 g/mol. The largest absolute Gasteiger partial charge is 0.501 e. The zero-order valence-electron chi connectivity index (χ0n) is 40.6. The first-order chi connectivity index (χ1) is 32.0. The van der Waals surface area contributed by atoms with Gasteiger partial charge in [0.2, 0.25) is 0 Å². The Morgan fingerprint density at radius 2 is 1.38 bits per heavy atom. The van der Waals surface area contributed by atoms with E-state index < -0.39 is 14.9 Å². The average molecular weight is 1050 g/mol. The summed E-state index contributed by atoms with van der Waals surface area (Å²) in [7, 11) is -1.40. The summed E-state index contributed by atoms with van der Waals surface area (Å²) in [6.07, 6.45) is 1.31. The Morgan fingerprint density at radius 3 is 2.03 bits per heavy atom. The van der Waals surface area contributed by atoms with Gasteiger partial charge in [0.1, 0.15) is 5.58 Å². The summed E-state index contributed by atoms with van der Waals surface area (Å²) >= 11 is 0. The van der Waals surface area contributed by atoms with Gasteiger partial charge in [-0.15, -0.1) is 48.0 Å². The third-order valence-electron chi connectivity index (χ3n) is 11.9. The van der Waals surface area contributed by atoms with E-state index in [1.54, 1.807) is 12.1 Å². The van der Waals surface area contributed by atoms with Gasteiger partial charge in [0.05, 0.1) is 30.5 Å². The fourth-order valence-electron chi connectivity index (χ4n) is 8.40. The minimum atomic E-state index is -2.15. The number of imidazole rings is 1.